The van der Waals surface area contributed by atoms with Crippen LogP contribution in [0, 0.1) is 186 Å². The van der Waals surface area contributed by atoms with Gasteiger partial charge in [0.2, 0.25) is 17.1 Å². The first-order chi connectivity index (χ1) is 70.2. The molecule has 7 aromatic heterocycles. The number of hydrogen-bond donors (Lipinski definition) is 1. The molecule has 2 aliphatic rings. The van der Waals surface area contributed by atoms with E-state index < -0.39 is 0 Å². The normalized spacial score (nSPS) is 11.4. The van der Waals surface area contributed by atoms with E-state index in [0.29, 0.717) is 61.8 Å². The second-order valence-electron chi connectivity index (χ2n) is 31.4. The molecular weight excluding hydrogens is 1900 g/mol. The largest absolute Gasteiger partial charge is 0.526 e. The van der Waals surface area contributed by atoms with Gasteiger partial charge in [0, 0.05) is 127 Å². The number of pyridine rings is 2. The summed E-state index contributed by atoms with van der Waals surface area (Å²) in [7, 11) is 0. The first-order valence-corrected chi connectivity index (χ1v) is 50.6. The van der Waals surface area contributed by atoms with Crippen molar-refractivity contribution in [2.24, 2.45) is 0 Å². The minimum absolute atomic E-state index is 0.0271. The third-order valence-electron chi connectivity index (χ3n) is 22.1. The van der Waals surface area contributed by atoms with E-state index in [2.05, 4.69) is 118 Å². The van der Waals surface area contributed by atoms with Crippen molar-refractivity contribution in [2.45, 2.75) is 116 Å². The lowest BCUT2D eigenvalue weighted by atomic mass is 9.99. The number of anilines is 5. The number of aromatic nitrogens is 2. The van der Waals surface area contributed by atoms with Crippen molar-refractivity contribution in [3.05, 3.63) is 330 Å². The lowest BCUT2D eigenvalue weighted by Crippen LogP contribution is -2.26. The summed E-state index contributed by atoms with van der Waals surface area (Å²) in [6, 6.07) is 65.6. The van der Waals surface area contributed by atoms with Gasteiger partial charge in [-0.15, -0.1) is 68.4 Å². The first-order valence-electron chi connectivity index (χ1n) is 45.3. The minimum atomic E-state index is -0.253. The SMILES string of the molecule is CCCN(CCC)c1ncc(C=C(C#N)C#N)c2ccccc12.[C-]#[N+]/C(C#N)=C(/C#N)c1cc2sc(SC)cc2s1.[C-]#[N+]/C(C#N)=C(/C#N)c1sc(N2CCCC2)c([N+]#[C-])c1-c1ccc(C)cc1.[C-]#[N+]/C(C#N)=C\c1sc(N2CCCC2)c([N+]#[C-])c1-c1ccccc1.[C-]#[N+]C([N+]#[C-])=C([N+]#[C-])c1ccc(NCCC#N)c2nc(C)ccc12.[C-]#[N+]c1c(N(CCCC)CCCC)sc(C=C(C#N)C#N)c1-c1ccccc1. The van der Waals surface area contributed by atoms with Crippen LogP contribution in [0.3, 0.4) is 0 Å². The molecule has 0 amide bonds. The summed E-state index contributed by atoms with van der Waals surface area (Å²) in [5, 5.41) is 99.7. The van der Waals surface area contributed by atoms with Crippen molar-refractivity contribution in [1.82, 2.24) is 9.97 Å². The van der Waals surface area contributed by atoms with E-state index >= 15 is 0 Å². The van der Waals surface area contributed by atoms with E-state index in [1.165, 1.54) is 49.6 Å². The summed E-state index contributed by atoms with van der Waals surface area (Å²) in [4.78, 5) is 51.7. The Hall–Kier alpha value is -18.2. The fraction of sp³-hybridized carbons (Fsp3) is 0.241. The van der Waals surface area contributed by atoms with E-state index in [-0.39, 0.29) is 50.9 Å². The van der Waals surface area contributed by atoms with Gasteiger partial charge in [0.05, 0.1) is 130 Å². The van der Waals surface area contributed by atoms with Gasteiger partial charge < -0.3 is 24.9 Å². The maximum absolute atomic E-state index is 9.68. The summed E-state index contributed by atoms with van der Waals surface area (Å²) >= 11 is 9.13. The highest BCUT2D eigenvalue weighted by Gasteiger charge is 2.31. The highest BCUT2D eigenvalue weighted by atomic mass is 32.2. The second-order valence-corrected chi connectivity index (χ2v) is 37.8. The number of unbranched alkanes of at least 4 members (excludes halogenated alkanes) is 2. The molecule has 12 aromatic rings. The van der Waals surface area contributed by atoms with Crippen LogP contribution in [0.5, 0.6) is 0 Å². The van der Waals surface area contributed by atoms with Gasteiger partial charge >= 0.3 is 5.82 Å². The molecule has 0 atom stereocenters. The molecule has 0 unspecified atom stereocenters. The van der Waals surface area contributed by atoms with Gasteiger partial charge in [0.25, 0.3) is 22.8 Å². The Morgan fingerprint density at radius 3 is 1.51 bits per heavy atom. The topological polar surface area (TPSA) is 328 Å². The molecule has 14 rings (SSSR count). The zero-order valence-corrected chi connectivity index (χ0v) is 84.8. The van der Waals surface area contributed by atoms with Gasteiger partial charge in [0.15, 0.2) is 0 Å². The van der Waals surface area contributed by atoms with Crippen molar-refractivity contribution < 1.29 is 0 Å². The van der Waals surface area contributed by atoms with E-state index in [4.69, 9.17) is 90.7 Å². The number of nitrogens with one attached hydrogen (secondary N) is 1. The summed E-state index contributed by atoms with van der Waals surface area (Å²) in [5.41, 5.74) is 11.4. The fourth-order valence-electron chi connectivity index (χ4n) is 15.3. The average Bonchev–Trinajstić information content (AvgIpc) is 1.28. The number of hydrogen-bond acceptors (Lipinski definition) is 23. The summed E-state index contributed by atoms with van der Waals surface area (Å²) in [5.74, 6) is 0.717. The van der Waals surface area contributed by atoms with Crippen LogP contribution in [0.4, 0.5) is 43.6 Å². The molecule has 2 saturated heterocycles. The molecule has 2 aliphatic heterocycles. The Labute approximate surface area is 865 Å². The van der Waals surface area contributed by atoms with E-state index in [9.17, 15) is 21.0 Å². The third-order valence-corrected chi connectivity index (χ3v) is 29.1. The van der Waals surface area contributed by atoms with Crippen LogP contribution in [-0.2, 0) is 0 Å². The number of rotatable bonds is 27. The zero-order valence-electron chi connectivity index (χ0n) is 79.9. The highest BCUT2D eigenvalue weighted by molar-refractivity contribution is 8.00. The Balaban J connectivity index is 0.000000193. The van der Waals surface area contributed by atoms with Crippen LogP contribution in [0.25, 0.3) is 143 Å². The Bertz CT molecular complexity index is 7700. The Kier molecular flexibility index (Phi) is 43.0. The van der Waals surface area contributed by atoms with Crippen LogP contribution in [0.15, 0.2) is 190 Å². The molecule has 0 saturated carbocycles. The number of thioether (sulfide) groups is 1. The van der Waals surface area contributed by atoms with Gasteiger partial charge in [-0.2, -0.15) is 46.5 Å². The molecule has 144 heavy (non-hydrogen) atoms. The third kappa shape index (κ3) is 27.4. The maximum atomic E-state index is 9.68. The van der Waals surface area contributed by atoms with Gasteiger partial charge in [-0.1, -0.05) is 167 Å². The predicted octanol–water partition coefficient (Wildman–Crippen LogP) is 30.6. The summed E-state index contributed by atoms with van der Waals surface area (Å²) in [6.07, 6.45) is 19.8. The predicted molar refractivity (Wildman–Crippen MR) is 584 cm³/mol. The van der Waals surface area contributed by atoms with E-state index in [1.54, 1.807) is 65.7 Å². The molecule has 1 N–H and O–H groups in total. The molecule has 0 spiro atoms. The number of thiophene rings is 5. The van der Waals surface area contributed by atoms with Crippen molar-refractivity contribution in [3.63, 3.8) is 0 Å². The zero-order chi connectivity index (χ0) is 104. The molecule has 0 aliphatic carbocycles. The molecule has 5 aromatic carbocycles. The Morgan fingerprint density at radius 2 is 1.01 bits per heavy atom. The molecule has 704 valence electrons. The van der Waals surface area contributed by atoms with Crippen LogP contribution >= 0.6 is 68.4 Å². The summed E-state index contributed by atoms with van der Waals surface area (Å²) in [6.45, 7) is 86.5. The molecule has 2 fully saturated rings. The number of allylic oxidation sites excluding steroid dienone is 7. The lowest BCUT2D eigenvalue weighted by Gasteiger charge is -2.24. The Morgan fingerprint density at radius 1 is 0.479 bits per heavy atom. The first kappa shape index (κ1) is 109. The van der Waals surface area contributed by atoms with Gasteiger partial charge in [-0.25, -0.2) is 54.7 Å². The van der Waals surface area contributed by atoms with Crippen LogP contribution in [0.1, 0.15) is 140 Å². The van der Waals surface area contributed by atoms with Crippen molar-refractivity contribution in [3.8, 4) is 94.1 Å². The molecule has 9 heterocycles. The molecule has 0 radical (unpaired) electrons. The molecule has 0 bridgehead atoms. The highest BCUT2D eigenvalue weighted by Crippen LogP contribution is 2.54. The van der Waals surface area contributed by atoms with Crippen molar-refractivity contribution in [1.29, 1.82) is 52.6 Å². The quantitative estimate of drug-likeness (QED) is 0.0216. The monoisotopic (exact) mass is 1990 g/mol. The van der Waals surface area contributed by atoms with Gasteiger partial charge in [0.1, 0.15) is 54.4 Å². The minimum Gasteiger partial charge on any atom is -0.382 e. The second kappa shape index (κ2) is 56.6. The number of nitrogens with zero attached hydrogens (tertiary/aromatic N) is 25. The van der Waals surface area contributed by atoms with Crippen LogP contribution in [-0.4, -0.2) is 75.1 Å². The smallest absolute Gasteiger partial charge is 0.382 e. The average molecular weight is 1990 g/mol. The molecular formula is C112H90N26S6. The number of aryl methyl sites for hydroxylation is 2. The maximum Gasteiger partial charge on any atom is 0.526 e. The van der Waals surface area contributed by atoms with Gasteiger partial charge in [-0.05, 0) is 147 Å². The van der Waals surface area contributed by atoms with Crippen LogP contribution < -0.4 is 24.9 Å². The van der Waals surface area contributed by atoms with Crippen LogP contribution in [0.2, 0.25) is 0 Å². The summed E-state index contributed by atoms with van der Waals surface area (Å²) < 4.78 is 3.40. The van der Waals surface area contributed by atoms with Crippen molar-refractivity contribution in [2.75, 3.05) is 90.1 Å². The number of nitriles is 10. The van der Waals surface area contributed by atoms with E-state index in [1.807, 2.05) is 196 Å². The number of fused-ring (bicyclic) bond motifs is 3. The van der Waals surface area contributed by atoms with E-state index in [0.717, 1.165) is 218 Å². The molecule has 32 heteroatoms. The standard InChI is InChI=1S/C23H24N4S.C21H15N5S.C19H14N4S.C19H20N4.C18H12N6.C12H5N3S3/c1-4-6-13-27(14-7-5-2)23-22(26-3)21(19-11-9-8-10-12-19)20(28-23)15-18(16-24)17-25;1-14-6-8-15(9-7-14)18-19(25-3)21(26-10-4-5-11-26)27-20(18)16(12-22)17(13-23)24-2;1-21-15(13-20)12-16-17(14-8-4-3-5-9-14)18(22-2)19(24-16)23-10-6-7-11-23;1-3-9-23(10-4-2)19-18-8-6-5-7-17(18)16(14-22-19)11-15(12-20)13-21;1-12-6-7-13-14(17(20-2)18(21-3)22-4)8-9-15(16(13)24-12)23-11-5-10-19;1-15-8(6-14)7(5-13)9-3-10-11(17-9)4-12(16-2)18-10/h8-12,15H,4-7,13-14H2,1-2H3;6-9H,4-5,10-11H2,1H3;3-5,8-9,12H,6-7,10-11H2;5-8,11,14H,3-4,9-10H2,1-2H3;6-9,23H,5,11H2,1H3;3-4H,2H3/b;17-16-;15-12-;;;8-7-. The fourth-order valence-corrected chi connectivity index (χ4v) is 22.2. The molecule has 26 nitrogen and oxygen atoms in total. The van der Waals surface area contributed by atoms with Gasteiger partial charge in [-0.3, -0.25) is 4.98 Å². The lowest BCUT2D eigenvalue weighted by molar-refractivity contribution is 0.682. The van der Waals surface area contributed by atoms with Crippen molar-refractivity contribution >= 4 is 178 Å². The number of benzene rings is 5.